The molecule has 2 bridgehead atoms. The normalized spacial score (nSPS) is 34.0. The Hall–Kier alpha value is -1.30. The van der Waals surface area contributed by atoms with Crippen molar-refractivity contribution in [2.75, 3.05) is 10.2 Å². The average molecular weight is 309 g/mol. The summed E-state index contributed by atoms with van der Waals surface area (Å²) in [5.41, 5.74) is 2.07. The third kappa shape index (κ3) is 1.95. The van der Waals surface area contributed by atoms with E-state index in [0.29, 0.717) is 28.4 Å². The molecule has 3 atom stereocenters. The van der Waals surface area contributed by atoms with E-state index in [4.69, 9.17) is 11.6 Å². The molecule has 3 heterocycles. The van der Waals surface area contributed by atoms with Crippen LogP contribution in [0, 0.1) is 0 Å². The molecule has 5 nitrogen and oxygen atoms in total. The van der Waals surface area contributed by atoms with Crippen LogP contribution < -0.4 is 10.2 Å². The largest absolute Gasteiger partial charge is 0.393 e. The number of carbonyl (C=O) groups excluding carboxylic acids is 1. The van der Waals surface area contributed by atoms with Gasteiger partial charge in [0.2, 0.25) is 0 Å². The van der Waals surface area contributed by atoms with Gasteiger partial charge in [0, 0.05) is 23.3 Å². The maximum atomic E-state index is 11.6. The number of nitrogens with zero attached hydrogens (tertiary/aromatic N) is 1. The Bertz CT molecular complexity index is 607. The van der Waals surface area contributed by atoms with Crippen LogP contribution in [0.2, 0.25) is 5.02 Å². The summed E-state index contributed by atoms with van der Waals surface area (Å²) in [4.78, 5) is 13.8. The molecule has 0 aromatic heterocycles. The number of rotatable bonds is 1. The summed E-state index contributed by atoms with van der Waals surface area (Å²) in [5, 5.41) is 23.0. The zero-order valence-corrected chi connectivity index (χ0v) is 12.2. The highest BCUT2D eigenvalue weighted by atomic mass is 35.5. The Kier molecular flexibility index (Phi) is 2.93. The molecule has 0 saturated carbocycles. The molecule has 1 amide bonds. The van der Waals surface area contributed by atoms with E-state index in [0.717, 1.165) is 31.4 Å². The zero-order chi connectivity index (χ0) is 14.7. The molecule has 3 N–H and O–H groups in total. The second kappa shape index (κ2) is 4.60. The number of aliphatic hydroxyl groups excluding tert-OH is 2. The van der Waals surface area contributed by atoms with Crippen molar-refractivity contribution in [3.8, 4) is 0 Å². The fraction of sp³-hybridized carbons (Fsp3) is 0.533. The Labute approximate surface area is 127 Å². The lowest BCUT2D eigenvalue weighted by molar-refractivity contribution is -0.123. The van der Waals surface area contributed by atoms with Gasteiger partial charge in [-0.3, -0.25) is 4.79 Å². The number of piperidine rings is 1. The summed E-state index contributed by atoms with van der Waals surface area (Å²) in [6.07, 6.45) is 2.28. The molecule has 0 spiro atoms. The number of fused-ring (bicyclic) bond motifs is 3. The molecule has 1 aromatic carbocycles. The maximum absolute atomic E-state index is 11.6. The van der Waals surface area contributed by atoms with Crippen molar-refractivity contribution in [1.82, 2.24) is 0 Å². The van der Waals surface area contributed by atoms with Gasteiger partial charge in [0.05, 0.1) is 16.8 Å². The second-order valence-electron chi connectivity index (χ2n) is 6.20. The van der Waals surface area contributed by atoms with E-state index >= 15 is 0 Å². The van der Waals surface area contributed by atoms with Crippen molar-refractivity contribution in [2.24, 2.45) is 0 Å². The number of nitrogens with one attached hydrogen (secondary N) is 1. The van der Waals surface area contributed by atoms with Crippen molar-refractivity contribution >= 4 is 28.9 Å². The zero-order valence-electron chi connectivity index (χ0n) is 11.4. The minimum Gasteiger partial charge on any atom is -0.393 e. The maximum Gasteiger partial charge on any atom is 0.257 e. The van der Waals surface area contributed by atoms with E-state index in [1.54, 1.807) is 6.07 Å². The van der Waals surface area contributed by atoms with Crippen LogP contribution in [-0.4, -0.2) is 34.3 Å². The van der Waals surface area contributed by atoms with Crippen molar-refractivity contribution in [3.63, 3.8) is 0 Å². The Morgan fingerprint density at radius 3 is 2.52 bits per heavy atom. The monoisotopic (exact) mass is 308 g/mol. The number of carbonyl (C=O) groups is 1. The van der Waals surface area contributed by atoms with Crippen LogP contribution in [0.3, 0.4) is 0 Å². The molecule has 0 aliphatic carbocycles. The topological polar surface area (TPSA) is 72.8 Å². The van der Waals surface area contributed by atoms with Crippen LogP contribution in [0.1, 0.15) is 37.4 Å². The molecule has 3 unspecified atom stereocenters. The van der Waals surface area contributed by atoms with E-state index in [-0.39, 0.29) is 6.10 Å². The first-order valence-electron chi connectivity index (χ1n) is 7.33. The first-order valence-corrected chi connectivity index (χ1v) is 7.71. The second-order valence-corrected chi connectivity index (χ2v) is 6.61. The predicted molar refractivity (Wildman–Crippen MR) is 79.6 cm³/mol. The van der Waals surface area contributed by atoms with E-state index in [2.05, 4.69) is 10.2 Å². The SMILES string of the molecule is O=C1Nc2cc(N3C4CCC3CC(O)C4)c(Cl)cc2C1O. The molecule has 4 rings (SSSR count). The van der Waals surface area contributed by atoms with Gasteiger partial charge < -0.3 is 20.4 Å². The lowest BCUT2D eigenvalue weighted by atomic mass is 9.98. The van der Waals surface area contributed by atoms with Gasteiger partial charge in [-0.05, 0) is 37.8 Å². The van der Waals surface area contributed by atoms with Crippen LogP contribution in [0.5, 0.6) is 0 Å². The summed E-state index contributed by atoms with van der Waals surface area (Å²) in [5.74, 6) is -0.407. The average Bonchev–Trinajstić information content (AvgIpc) is 2.85. The van der Waals surface area contributed by atoms with Crippen molar-refractivity contribution in [2.45, 2.75) is 50.0 Å². The van der Waals surface area contributed by atoms with E-state index in [1.807, 2.05) is 6.07 Å². The standard InChI is InChI=1S/C15H17ClN2O3/c16-11-5-10-12(17-15(21)14(10)20)6-13(11)18-7-1-2-8(18)4-9(19)3-7/h5-9,14,19-20H,1-4H2,(H,17,21). The predicted octanol–water partition coefficient (Wildman–Crippen LogP) is 1.82. The fourth-order valence-corrected chi connectivity index (χ4v) is 4.26. The van der Waals surface area contributed by atoms with Crippen LogP contribution in [0.15, 0.2) is 12.1 Å². The highest BCUT2D eigenvalue weighted by Crippen LogP contribution is 2.45. The lowest BCUT2D eigenvalue weighted by Gasteiger charge is -2.39. The highest BCUT2D eigenvalue weighted by molar-refractivity contribution is 6.33. The number of halogens is 1. The number of aliphatic hydroxyl groups is 2. The third-order valence-electron chi connectivity index (χ3n) is 4.91. The fourth-order valence-electron chi connectivity index (χ4n) is 3.99. The van der Waals surface area contributed by atoms with Gasteiger partial charge >= 0.3 is 0 Å². The van der Waals surface area contributed by atoms with E-state index in [9.17, 15) is 15.0 Å². The van der Waals surface area contributed by atoms with Gasteiger partial charge in [0.15, 0.2) is 6.10 Å². The molecule has 112 valence electrons. The van der Waals surface area contributed by atoms with Crippen LogP contribution in [0.25, 0.3) is 0 Å². The van der Waals surface area contributed by atoms with Crippen molar-refractivity contribution < 1.29 is 15.0 Å². The number of amides is 1. The third-order valence-corrected chi connectivity index (χ3v) is 5.21. The molecule has 3 aliphatic heterocycles. The summed E-state index contributed by atoms with van der Waals surface area (Å²) in [6, 6.07) is 4.14. The highest BCUT2D eigenvalue weighted by Gasteiger charge is 2.41. The number of hydrogen-bond acceptors (Lipinski definition) is 4. The summed E-state index contributed by atoms with van der Waals surface area (Å²) in [7, 11) is 0. The molecule has 21 heavy (non-hydrogen) atoms. The van der Waals surface area contributed by atoms with Gasteiger partial charge in [-0.2, -0.15) is 0 Å². The first kappa shape index (κ1) is 13.4. The Morgan fingerprint density at radius 1 is 1.19 bits per heavy atom. The smallest absolute Gasteiger partial charge is 0.257 e. The lowest BCUT2D eigenvalue weighted by Crippen LogP contribution is -2.45. The van der Waals surface area contributed by atoms with Crippen LogP contribution >= 0.6 is 11.6 Å². The van der Waals surface area contributed by atoms with Gasteiger partial charge in [-0.1, -0.05) is 11.6 Å². The number of anilines is 2. The minimum absolute atomic E-state index is 0.228. The Balaban J connectivity index is 1.74. The van der Waals surface area contributed by atoms with Crippen molar-refractivity contribution in [3.05, 3.63) is 22.7 Å². The Morgan fingerprint density at radius 2 is 1.86 bits per heavy atom. The van der Waals surface area contributed by atoms with Gasteiger partial charge in [-0.15, -0.1) is 0 Å². The molecular weight excluding hydrogens is 292 g/mol. The van der Waals surface area contributed by atoms with Gasteiger partial charge in [-0.25, -0.2) is 0 Å². The van der Waals surface area contributed by atoms with Crippen LogP contribution in [0.4, 0.5) is 11.4 Å². The number of benzene rings is 1. The molecular formula is C15H17ClN2O3. The minimum atomic E-state index is -1.13. The molecule has 2 fully saturated rings. The van der Waals surface area contributed by atoms with Gasteiger partial charge in [0.1, 0.15) is 0 Å². The summed E-state index contributed by atoms with van der Waals surface area (Å²) >= 11 is 6.39. The molecule has 0 radical (unpaired) electrons. The van der Waals surface area contributed by atoms with E-state index < -0.39 is 12.0 Å². The summed E-state index contributed by atoms with van der Waals surface area (Å²) < 4.78 is 0. The first-order chi connectivity index (χ1) is 10.0. The molecule has 3 aliphatic rings. The number of hydrogen-bond donors (Lipinski definition) is 3. The van der Waals surface area contributed by atoms with E-state index in [1.165, 1.54) is 0 Å². The van der Waals surface area contributed by atoms with Gasteiger partial charge in [0.25, 0.3) is 5.91 Å². The van der Waals surface area contributed by atoms with Crippen molar-refractivity contribution in [1.29, 1.82) is 0 Å². The quantitative estimate of drug-likeness (QED) is 0.740. The molecule has 6 heteroatoms. The molecule has 1 aromatic rings. The van der Waals surface area contributed by atoms with Crippen LogP contribution in [-0.2, 0) is 4.79 Å². The summed E-state index contributed by atoms with van der Waals surface area (Å²) in [6.45, 7) is 0. The molecule has 2 saturated heterocycles.